The van der Waals surface area contributed by atoms with Crippen LogP contribution >= 0.6 is 0 Å². The summed E-state index contributed by atoms with van der Waals surface area (Å²) in [5.74, 6) is 1.39. The maximum absolute atomic E-state index is 13.2. The van der Waals surface area contributed by atoms with E-state index in [0.29, 0.717) is 29.8 Å². The van der Waals surface area contributed by atoms with E-state index in [2.05, 4.69) is 45.6 Å². The average molecular weight is 418 g/mol. The third-order valence-corrected chi connectivity index (χ3v) is 7.81. The summed E-state index contributed by atoms with van der Waals surface area (Å²) in [6, 6.07) is 9.87. The molecule has 4 unspecified atom stereocenters. The molecule has 31 heavy (non-hydrogen) atoms. The maximum atomic E-state index is 13.2. The van der Waals surface area contributed by atoms with Crippen molar-refractivity contribution in [2.45, 2.75) is 56.7 Å². The third-order valence-electron chi connectivity index (χ3n) is 7.81. The van der Waals surface area contributed by atoms with Crippen molar-refractivity contribution in [3.63, 3.8) is 0 Å². The summed E-state index contributed by atoms with van der Waals surface area (Å²) < 4.78 is 0. The number of nitrogens with zero attached hydrogens (tertiary/aromatic N) is 3. The zero-order valence-electron chi connectivity index (χ0n) is 18.1. The number of benzene rings is 1. The number of likely N-dealkylation sites (tertiary alicyclic amines) is 1. The quantitative estimate of drug-likeness (QED) is 0.801. The van der Waals surface area contributed by atoms with Crippen LogP contribution in [0.15, 0.2) is 35.5 Å². The van der Waals surface area contributed by atoms with Crippen molar-refractivity contribution in [3.8, 4) is 0 Å². The Morgan fingerprint density at radius 3 is 2.77 bits per heavy atom. The van der Waals surface area contributed by atoms with Gasteiger partial charge < -0.3 is 15.5 Å². The molecule has 1 saturated carbocycles. The number of amides is 2. The number of carbonyl (C=O) groups excluding carboxylic acids is 1. The number of aliphatic imine (C=N–C) groups is 1. The number of hydrogen-bond donors (Lipinski definition) is 2. The van der Waals surface area contributed by atoms with Crippen LogP contribution in [0.3, 0.4) is 0 Å². The van der Waals surface area contributed by atoms with Crippen LogP contribution in [0.5, 0.6) is 0 Å². The fourth-order valence-corrected chi connectivity index (χ4v) is 6.17. The zero-order chi connectivity index (χ0) is 20.9. The maximum Gasteiger partial charge on any atom is 0.317 e. The first-order valence-electron chi connectivity index (χ1n) is 11.9. The number of pyridine rings is 1. The number of nitrogens with one attached hydrogen (secondary N) is 2. The monoisotopic (exact) mass is 417 g/mol. The van der Waals surface area contributed by atoms with Gasteiger partial charge in [0.1, 0.15) is 6.04 Å². The molecule has 4 aliphatic heterocycles. The van der Waals surface area contributed by atoms with Gasteiger partial charge in [0.15, 0.2) is 0 Å². The highest BCUT2D eigenvalue weighted by molar-refractivity contribution is 5.92. The van der Waals surface area contributed by atoms with E-state index >= 15 is 0 Å². The van der Waals surface area contributed by atoms with Crippen LogP contribution in [0.2, 0.25) is 0 Å². The fourth-order valence-electron chi connectivity index (χ4n) is 6.17. The molecule has 6 nitrogen and oxygen atoms in total. The number of fused-ring (bicyclic) bond motifs is 4. The predicted molar refractivity (Wildman–Crippen MR) is 123 cm³/mol. The molecule has 3 saturated heterocycles. The number of carbonyl (C=O) groups is 1. The Bertz CT molecular complexity index is 1020. The molecular weight excluding hydrogens is 386 g/mol. The molecule has 0 radical (unpaired) electrons. The summed E-state index contributed by atoms with van der Waals surface area (Å²) in [6.07, 6.45) is 8.51. The Kier molecular flexibility index (Phi) is 4.71. The summed E-state index contributed by atoms with van der Waals surface area (Å²) >= 11 is 0. The second kappa shape index (κ2) is 7.59. The van der Waals surface area contributed by atoms with Gasteiger partial charge in [0.05, 0.1) is 5.52 Å². The molecule has 2 amide bonds. The molecule has 1 aromatic heterocycles. The Balaban J connectivity index is 1.23. The molecule has 6 heteroatoms. The predicted octanol–water partition coefficient (Wildman–Crippen LogP) is 3.64. The van der Waals surface area contributed by atoms with Crippen molar-refractivity contribution in [3.05, 3.63) is 41.6 Å². The van der Waals surface area contributed by atoms with Gasteiger partial charge in [-0.15, -0.1) is 0 Å². The molecule has 2 aromatic rings. The van der Waals surface area contributed by atoms with E-state index in [0.717, 1.165) is 38.0 Å². The number of hydrogen-bond acceptors (Lipinski definition) is 4. The molecule has 6 atom stereocenters. The van der Waals surface area contributed by atoms with Crippen LogP contribution in [-0.4, -0.2) is 53.8 Å². The number of rotatable bonds is 3. The first-order chi connectivity index (χ1) is 15.2. The van der Waals surface area contributed by atoms with E-state index in [4.69, 9.17) is 4.98 Å². The highest BCUT2D eigenvalue weighted by Gasteiger charge is 2.38. The normalized spacial score (nSPS) is 34.2. The van der Waals surface area contributed by atoms with E-state index < -0.39 is 0 Å². The Hall–Kier alpha value is -2.47. The minimum Gasteiger partial charge on any atom is -0.335 e. The summed E-state index contributed by atoms with van der Waals surface area (Å²) in [6.45, 7) is 4.93. The topological polar surface area (TPSA) is 69.6 Å². The lowest BCUT2D eigenvalue weighted by Gasteiger charge is -2.44. The first kappa shape index (κ1) is 19.2. The van der Waals surface area contributed by atoms with Crippen LogP contribution in [0.25, 0.3) is 10.9 Å². The lowest BCUT2D eigenvalue weighted by Crippen LogP contribution is -2.59. The third kappa shape index (κ3) is 3.61. The van der Waals surface area contributed by atoms with Gasteiger partial charge in [-0.25, -0.2) is 4.79 Å². The summed E-state index contributed by atoms with van der Waals surface area (Å²) in [5.41, 5.74) is 3.57. The number of urea groups is 1. The van der Waals surface area contributed by atoms with E-state index in [-0.39, 0.29) is 12.1 Å². The van der Waals surface area contributed by atoms with E-state index in [1.54, 1.807) is 0 Å². The standard InChI is InChI=1S/C25H31N5O/c1-15-9-17(19-6-7-21(23-12-28-23)24-20(19)3-2-8-26-24)14-30(13-15)25(31)29-22-10-18-5-4-16(22)11-27-18/h2-3,6-8,12,15-18,22-23,27H,4-5,9-11,13-14H2,1H3,(H,29,31)/t15-,16?,17+,18?,22?,23?/m1/s1. The second-order valence-electron chi connectivity index (χ2n) is 10.1. The van der Waals surface area contributed by atoms with Crippen LogP contribution in [-0.2, 0) is 0 Å². The van der Waals surface area contributed by atoms with Crippen molar-refractivity contribution in [1.29, 1.82) is 0 Å². The molecule has 1 aromatic carbocycles. The SMILES string of the molecule is C[C@@H]1C[C@H](c2ccc(C3C=N3)c3ncccc23)CN(C(=O)NC2CC3CCC2CN3)C1. The van der Waals surface area contributed by atoms with Crippen molar-refractivity contribution in [2.24, 2.45) is 16.8 Å². The molecule has 5 heterocycles. The molecule has 1 aliphatic carbocycles. The van der Waals surface area contributed by atoms with Gasteiger partial charge in [0, 0.05) is 61.0 Å². The minimum atomic E-state index is 0.125. The van der Waals surface area contributed by atoms with Gasteiger partial charge >= 0.3 is 6.03 Å². The van der Waals surface area contributed by atoms with Crippen LogP contribution < -0.4 is 10.6 Å². The van der Waals surface area contributed by atoms with Crippen LogP contribution in [0.1, 0.15) is 55.7 Å². The van der Waals surface area contributed by atoms with Gasteiger partial charge in [-0.05, 0) is 49.1 Å². The van der Waals surface area contributed by atoms with Gasteiger partial charge in [-0.3, -0.25) is 9.98 Å². The highest BCUT2D eigenvalue weighted by atomic mass is 16.2. The van der Waals surface area contributed by atoms with Crippen molar-refractivity contribution >= 4 is 23.1 Å². The van der Waals surface area contributed by atoms with Gasteiger partial charge in [0.2, 0.25) is 0 Å². The Morgan fingerprint density at radius 2 is 2.03 bits per heavy atom. The van der Waals surface area contributed by atoms with E-state index in [1.165, 1.54) is 29.4 Å². The first-order valence-corrected chi connectivity index (χ1v) is 11.9. The smallest absolute Gasteiger partial charge is 0.317 e. The largest absolute Gasteiger partial charge is 0.335 e. The molecule has 2 bridgehead atoms. The Morgan fingerprint density at radius 1 is 1.16 bits per heavy atom. The molecule has 4 fully saturated rings. The average Bonchev–Trinajstić information content (AvgIpc) is 3.64. The molecule has 162 valence electrons. The minimum absolute atomic E-state index is 0.125. The lowest BCUT2D eigenvalue weighted by atomic mass is 9.77. The fraction of sp³-hybridized carbons (Fsp3) is 0.560. The van der Waals surface area contributed by atoms with E-state index in [9.17, 15) is 4.79 Å². The van der Waals surface area contributed by atoms with Crippen molar-refractivity contribution < 1.29 is 4.79 Å². The number of aromatic nitrogens is 1. The summed E-state index contributed by atoms with van der Waals surface area (Å²) in [4.78, 5) is 24.4. The summed E-state index contributed by atoms with van der Waals surface area (Å²) in [7, 11) is 0. The van der Waals surface area contributed by atoms with Crippen LogP contribution in [0.4, 0.5) is 4.79 Å². The molecule has 0 spiro atoms. The molecule has 7 rings (SSSR count). The lowest BCUT2D eigenvalue weighted by molar-refractivity contribution is 0.128. The molecule has 2 N–H and O–H groups in total. The van der Waals surface area contributed by atoms with Crippen molar-refractivity contribution in [1.82, 2.24) is 20.5 Å². The molecule has 5 aliphatic rings. The number of piperidine rings is 3. The van der Waals surface area contributed by atoms with Gasteiger partial charge in [0.25, 0.3) is 0 Å². The van der Waals surface area contributed by atoms with Gasteiger partial charge in [-0.1, -0.05) is 25.1 Å². The highest BCUT2D eigenvalue weighted by Crippen LogP contribution is 2.38. The zero-order valence-corrected chi connectivity index (χ0v) is 18.1. The van der Waals surface area contributed by atoms with E-state index in [1.807, 2.05) is 18.5 Å². The van der Waals surface area contributed by atoms with Crippen LogP contribution in [0, 0.1) is 11.8 Å². The summed E-state index contributed by atoms with van der Waals surface area (Å²) in [5, 5.41) is 8.20. The molecular formula is C25H31N5O. The second-order valence-corrected chi connectivity index (χ2v) is 10.1. The Labute approximate surface area is 183 Å². The van der Waals surface area contributed by atoms with Gasteiger partial charge in [-0.2, -0.15) is 0 Å². The van der Waals surface area contributed by atoms with Crippen molar-refractivity contribution in [2.75, 3.05) is 19.6 Å².